The summed E-state index contributed by atoms with van der Waals surface area (Å²) < 4.78 is 4.52. The number of esters is 1. The summed E-state index contributed by atoms with van der Waals surface area (Å²) in [4.78, 5) is 10.9. The van der Waals surface area contributed by atoms with Crippen LogP contribution in [0.4, 0.5) is 0 Å². The summed E-state index contributed by atoms with van der Waals surface area (Å²) in [6, 6.07) is 8.21. The van der Waals surface area contributed by atoms with Crippen LogP contribution in [0.1, 0.15) is 25.0 Å². The number of hydrogen-bond donors (Lipinski definition) is 0. The lowest BCUT2D eigenvalue weighted by Gasteiger charge is -2.04. The van der Waals surface area contributed by atoms with Crippen molar-refractivity contribution in [1.82, 2.24) is 0 Å². The molecular formula is C14H18O2. The van der Waals surface area contributed by atoms with Crippen LogP contribution in [0.15, 0.2) is 30.3 Å². The maximum absolute atomic E-state index is 10.9. The lowest BCUT2D eigenvalue weighted by atomic mass is 10.0. The van der Waals surface area contributed by atoms with Gasteiger partial charge < -0.3 is 4.74 Å². The van der Waals surface area contributed by atoms with E-state index in [-0.39, 0.29) is 5.97 Å². The van der Waals surface area contributed by atoms with Crippen LogP contribution in [0.25, 0.3) is 6.08 Å². The molecule has 1 aromatic rings. The minimum absolute atomic E-state index is 0.328. The summed E-state index contributed by atoms with van der Waals surface area (Å²) >= 11 is 0. The van der Waals surface area contributed by atoms with Gasteiger partial charge in [-0.05, 0) is 29.5 Å². The molecule has 0 saturated heterocycles. The number of hydrogen-bond acceptors (Lipinski definition) is 2. The Hall–Kier alpha value is -1.57. The van der Waals surface area contributed by atoms with E-state index in [1.54, 1.807) is 6.08 Å². The highest BCUT2D eigenvalue weighted by Gasteiger charge is 1.97. The van der Waals surface area contributed by atoms with Gasteiger partial charge in [0, 0.05) is 6.08 Å². The zero-order valence-corrected chi connectivity index (χ0v) is 10.1. The summed E-state index contributed by atoms with van der Waals surface area (Å²) in [5.41, 5.74) is 2.34. The molecule has 0 spiro atoms. The summed E-state index contributed by atoms with van der Waals surface area (Å²) in [7, 11) is 1.37. The molecule has 0 unspecified atom stereocenters. The van der Waals surface area contributed by atoms with Crippen LogP contribution in [0.5, 0.6) is 0 Å². The molecule has 0 aliphatic carbocycles. The van der Waals surface area contributed by atoms with Crippen molar-refractivity contribution in [3.05, 3.63) is 41.5 Å². The smallest absolute Gasteiger partial charge is 0.330 e. The van der Waals surface area contributed by atoms with Crippen LogP contribution in [-0.4, -0.2) is 13.1 Å². The molecule has 86 valence electrons. The van der Waals surface area contributed by atoms with Crippen LogP contribution in [0.3, 0.4) is 0 Å². The van der Waals surface area contributed by atoms with Crippen molar-refractivity contribution >= 4 is 12.0 Å². The second-order valence-electron chi connectivity index (χ2n) is 4.20. The van der Waals surface area contributed by atoms with E-state index in [0.717, 1.165) is 12.0 Å². The molecule has 2 heteroatoms. The van der Waals surface area contributed by atoms with Crippen LogP contribution in [-0.2, 0) is 16.0 Å². The van der Waals surface area contributed by atoms with Crippen molar-refractivity contribution in [2.75, 3.05) is 7.11 Å². The maximum Gasteiger partial charge on any atom is 0.330 e. The van der Waals surface area contributed by atoms with Gasteiger partial charge in [0.2, 0.25) is 0 Å². The number of carbonyl (C=O) groups excluding carboxylic acids is 1. The van der Waals surface area contributed by atoms with Gasteiger partial charge in [-0.25, -0.2) is 4.79 Å². The quantitative estimate of drug-likeness (QED) is 0.573. The molecule has 0 atom stereocenters. The predicted octanol–water partition coefficient (Wildman–Crippen LogP) is 3.07. The van der Waals surface area contributed by atoms with E-state index in [9.17, 15) is 4.79 Å². The first-order chi connectivity index (χ1) is 7.61. The Kier molecular flexibility index (Phi) is 4.77. The molecule has 1 rings (SSSR count). The zero-order valence-electron chi connectivity index (χ0n) is 10.1. The first-order valence-corrected chi connectivity index (χ1v) is 5.47. The SMILES string of the molecule is COC(=O)/C=C/c1ccc(CC(C)C)cc1. The van der Waals surface area contributed by atoms with Gasteiger partial charge in [0.1, 0.15) is 0 Å². The van der Waals surface area contributed by atoms with Crippen LogP contribution >= 0.6 is 0 Å². The number of benzene rings is 1. The molecule has 0 fully saturated rings. The first kappa shape index (κ1) is 12.5. The van der Waals surface area contributed by atoms with E-state index < -0.39 is 0 Å². The van der Waals surface area contributed by atoms with Crippen molar-refractivity contribution in [3.8, 4) is 0 Å². The molecule has 0 amide bonds. The normalized spacial score (nSPS) is 11.0. The average Bonchev–Trinajstić information content (AvgIpc) is 2.27. The Morgan fingerprint density at radius 1 is 1.31 bits per heavy atom. The molecule has 0 saturated carbocycles. The van der Waals surface area contributed by atoms with Gasteiger partial charge >= 0.3 is 5.97 Å². The summed E-state index contributed by atoms with van der Waals surface area (Å²) in [5, 5.41) is 0. The van der Waals surface area contributed by atoms with E-state index in [1.807, 2.05) is 12.1 Å². The van der Waals surface area contributed by atoms with E-state index in [2.05, 4.69) is 30.7 Å². The van der Waals surface area contributed by atoms with Gasteiger partial charge in [-0.3, -0.25) is 0 Å². The second kappa shape index (κ2) is 6.11. The Morgan fingerprint density at radius 2 is 1.94 bits per heavy atom. The fourth-order valence-electron chi connectivity index (χ4n) is 1.47. The molecule has 2 nitrogen and oxygen atoms in total. The van der Waals surface area contributed by atoms with Crippen molar-refractivity contribution in [2.45, 2.75) is 20.3 Å². The molecule has 0 bridgehead atoms. The maximum atomic E-state index is 10.9. The fraction of sp³-hybridized carbons (Fsp3) is 0.357. The number of carbonyl (C=O) groups is 1. The lowest BCUT2D eigenvalue weighted by Crippen LogP contribution is -1.94. The van der Waals surface area contributed by atoms with Gasteiger partial charge in [-0.1, -0.05) is 38.1 Å². The minimum atomic E-state index is -0.328. The Morgan fingerprint density at radius 3 is 2.44 bits per heavy atom. The Labute approximate surface area is 96.9 Å². The second-order valence-corrected chi connectivity index (χ2v) is 4.20. The molecule has 0 aliphatic heterocycles. The highest BCUT2D eigenvalue weighted by Crippen LogP contribution is 2.10. The zero-order chi connectivity index (χ0) is 12.0. The van der Waals surface area contributed by atoms with Gasteiger partial charge in [-0.15, -0.1) is 0 Å². The minimum Gasteiger partial charge on any atom is -0.466 e. The molecule has 0 aromatic heterocycles. The fourth-order valence-corrected chi connectivity index (χ4v) is 1.47. The van der Waals surface area contributed by atoms with Crippen molar-refractivity contribution < 1.29 is 9.53 Å². The molecule has 0 N–H and O–H groups in total. The molecule has 16 heavy (non-hydrogen) atoms. The van der Waals surface area contributed by atoms with E-state index >= 15 is 0 Å². The molecule has 1 aromatic carbocycles. The monoisotopic (exact) mass is 218 g/mol. The third-order valence-electron chi connectivity index (χ3n) is 2.24. The Balaban J connectivity index is 2.64. The van der Waals surface area contributed by atoms with E-state index in [0.29, 0.717) is 5.92 Å². The van der Waals surface area contributed by atoms with E-state index in [4.69, 9.17) is 0 Å². The summed E-state index contributed by atoms with van der Waals surface area (Å²) in [5.74, 6) is 0.336. The number of ether oxygens (including phenoxy) is 1. The standard InChI is InChI=1S/C14H18O2/c1-11(2)10-13-6-4-12(5-7-13)8-9-14(15)16-3/h4-9,11H,10H2,1-3H3/b9-8+. The largest absolute Gasteiger partial charge is 0.466 e. The van der Waals surface area contributed by atoms with Crippen LogP contribution < -0.4 is 0 Å². The highest BCUT2D eigenvalue weighted by atomic mass is 16.5. The molecule has 0 radical (unpaired) electrons. The van der Waals surface area contributed by atoms with E-state index in [1.165, 1.54) is 18.7 Å². The third kappa shape index (κ3) is 4.30. The number of rotatable bonds is 4. The lowest BCUT2D eigenvalue weighted by molar-refractivity contribution is -0.134. The van der Waals surface area contributed by atoms with Crippen LogP contribution in [0, 0.1) is 5.92 Å². The molecular weight excluding hydrogens is 200 g/mol. The molecule has 0 heterocycles. The predicted molar refractivity (Wildman–Crippen MR) is 66.0 cm³/mol. The van der Waals surface area contributed by atoms with Gasteiger partial charge in [-0.2, -0.15) is 0 Å². The van der Waals surface area contributed by atoms with Crippen molar-refractivity contribution in [3.63, 3.8) is 0 Å². The summed E-state index contributed by atoms with van der Waals surface area (Å²) in [6.45, 7) is 4.40. The topological polar surface area (TPSA) is 26.3 Å². The molecule has 0 aliphatic rings. The average molecular weight is 218 g/mol. The first-order valence-electron chi connectivity index (χ1n) is 5.47. The van der Waals surface area contributed by atoms with Crippen molar-refractivity contribution in [1.29, 1.82) is 0 Å². The highest BCUT2D eigenvalue weighted by molar-refractivity contribution is 5.86. The van der Waals surface area contributed by atoms with Gasteiger partial charge in [0.05, 0.1) is 7.11 Å². The number of methoxy groups -OCH3 is 1. The Bertz CT molecular complexity index is 361. The van der Waals surface area contributed by atoms with Crippen LogP contribution in [0.2, 0.25) is 0 Å². The van der Waals surface area contributed by atoms with Gasteiger partial charge in [0.25, 0.3) is 0 Å². The van der Waals surface area contributed by atoms with Gasteiger partial charge in [0.15, 0.2) is 0 Å². The third-order valence-corrected chi connectivity index (χ3v) is 2.24. The van der Waals surface area contributed by atoms with Crippen molar-refractivity contribution in [2.24, 2.45) is 5.92 Å². The summed E-state index contributed by atoms with van der Waals surface area (Å²) in [6.07, 6.45) is 4.27.